The second kappa shape index (κ2) is 9.05. The number of carboxylic acids is 1. The number of carbonyl (C=O) groups excluding carboxylic acids is 1. The number of imidazole rings is 1. The van der Waals surface area contributed by atoms with Crippen LogP contribution in [0.15, 0.2) is 60.8 Å². The average molecular weight is 400 g/mol. The van der Waals surface area contributed by atoms with Crippen LogP contribution in [0.2, 0.25) is 5.02 Å². The molecule has 0 radical (unpaired) electrons. The van der Waals surface area contributed by atoms with Crippen molar-refractivity contribution in [3.05, 3.63) is 77.2 Å². The standard InChI is InChI=1S/C20H18ClN3O4/c21-16-8-4-7-15(9-16)17-11-24(12-19(25)26)18(23-17)10-22-20(27)28-13-14-5-2-1-3-6-14/h1-9,11H,10,12-13H2,(H,22,27)(H,25,26). The van der Waals surface area contributed by atoms with Crippen molar-refractivity contribution in [1.29, 1.82) is 0 Å². The largest absolute Gasteiger partial charge is 0.480 e. The zero-order chi connectivity index (χ0) is 19.9. The first kappa shape index (κ1) is 19.4. The Hall–Kier alpha value is -3.32. The van der Waals surface area contributed by atoms with Gasteiger partial charge in [0.05, 0.1) is 12.2 Å². The van der Waals surface area contributed by atoms with Crippen molar-refractivity contribution in [2.75, 3.05) is 0 Å². The number of nitrogens with zero attached hydrogens (tertiary/aromatic N) is 2. The van der Waals surface area contributed by atoms with Crippen LogP contribution in [0.3, 0.4) is 0 Å². The molecule has 8 heteroatoms. The summed E-state index contributed by atoms with van der Waals surface area (Å²) in [5.41, 5.74) is 2.19. The topological polar surface area (TPSA) is 93.5 Å². The van der Waals surface area contributed by atoms with E-state index in [1.165, 1.54) is 4.57 Å². The van der Waals surface area contributed by atoms with E-state index < -0.39 is 12.1 Å². The summed E-state index contributed by atoms with van der Waals surface area (Å²) in [5, 5.41) is 12.3. The van der Waals surface area contributed by atoms with Gasteiger partial charge in [0.2, 0.25) is 0 Å². The molecule has 1 amide bonds. The van der Waals surface area contributed by atoms with Crippen LogP contribution in [0, 0.1) is 0 Å². The molecule has 0 aliphatic heterocycles. The number of hydrogen-bond donors (Lipinski definition) is 2. The van der Waals surface area contributed by atoms with Gasteiger partial charge in [-0.05, 0) is 17.7 Å². The molecule has 144 valence electrons. The van der Waals surface area contributed by atoms with Crippen LogP contribution in [0.4, 0.5) is 4.79 Å². The third kappa shape index (κ3) is 5.34. The molecule has 0 atom stereocenters. The molecule has 0 bridgehead atoms. The highest BCUT2D eigenvalue weighted by Crippen LogP contribution is 2.22. The van der Waals surface area contributed by atoms with Crippen LogP contribution in [0.25, 0.3) is 11.3 Å². The van der Waals surface area contributed by atoms with Gasteiger partial charge in [-0.15, -0.1) is 0 Å². The molecule has 3 aromatic rings. The maximum absolute atomic E-state index is 11.9. The number of aromatic nitrogens is 2. The smallest absolute Gasteiger partial charge is 0.407 e. The summed E-state index contributed by atoms with van der Waals surface area (Å²) in [6, 6.07) is 16.4. The molecule has 0 fully saturated rings. The molecule has 0 saturated heterocycles. The molecule has 2 aromatic carbocycles. The Morgan fingerprint density at radius 2 is 1.93 bits per heavy atom. The Kier molecular flexibility index (Phi) is 6.29. The first-order valence-corrected chi connectivity index (χ1v) is 8.87. The van der Waals surface area contributed by atoms with Gasteiger partial charge in [-0.2, -0.15) is 0 Å². The summed E-state index contributed by atoms with van der Waals surface area (Å²) in [7, 11) is 0. The fraction of sp³-hybridized carbons (Fsp3) is 0.150. The van der Waals surface area contributed by atoms with E-state index in [1.54, 1.807) is 24.4 Å². The molecule has 0 unspecified atom stereocenters. The number of hydrogen-bond acceptors (Lipinski definition) is 4. The van der Waals surface area contributed by atoms with Crippen molar-refractivity contribution < 1.29 is 19.4 Å². The zero-order valence-electron chi connectivity index (χ0n) is 14.8. The lowest BCUT2D eigenvalue weighted by atomic mass is 10.2. The van der Waals surface area contributed by atoms with Gasteiger partial charge in [0.15, 0.2) is 0 Å². The molecule has 1 aromatic heterocycles. The van der Waals surface area contributed by atoms with Gasteiger partial charge < -0.3 is 19.7 Å². The van der Waals surface area contributed by atoms with Crippen molar-refractivity contribution in [2.24, 2.45) is 0 Å². The van der Waals surface area contributed by atoms with Crippen molar-refractivity contribution in [1.82, 2.24) is 14.9 Å². The second-order valence-corrected chi connectivity index (χ2v) is 6.43. The molecule has 7 nitrogen and oxygen atoms in total. The Balaban J connectivity index is 1.67. The molecule has 28 heavy (non-hydrogen) atoms. The van der Waals surface area contributed by atoms with Gasteiger partial charge in [-0.1, -0.05) is 54.1 Å². The van der Waals surface area contributed by atoms with E-state index in [0.29, 0.717) is 16.5 Å². The maximum Gasteiger partial charge on any atom is 0.407 e. The molecule has 0 aliphatic carbocycles. The number of aliphatic carboxylic acids is 1. The summed E-state index contributed by atoms with van der Waals surface area (Å²) < 4.78 is 6.63. The van der Waals surface area contributed by atoms with E-state index in [-0.39, 0.29) is 19.7 Å². The summed E-state index contributed by atoms with van der Waals surface area (Å²) in [6.07, 6.45) is 1.00. The van der Waals surface area contributed by atoms with Crippen molar-refractivity contribution >= 4 is 23.7 Å². The average Bonchev–Trinajstić information content (AvgIpc) is 3.07. The van der Waals surface area contributed by atoms with Crippen LogP contribution in [0.5, 0.6) is 0 Å². The summed E-state index contributed by atoms with van der Waals surface area (Å²) in [5.74, 6) is -0.614. The number of halogens is 1. The van der Waals surface area contributed by atoms with Crippen molar-refractivity contribution in [3.63, 3.8) is 0 Å². The second-order valence-electron chi connectivity index (χ2n) is 5.99. The highest BCUT2D eigenvalue weighted by atomic mass is 35.5. The monoisotopic (exact) mass is 399 g/mol. The quantitative estimate of drug-likeness (QED) is 0.631. The van der Waals surface area contributed by atoms with Crippen molar-refractivity contribution in [2.45, 2.75) is 19.7 Å². The van der Waals surface area contributed by atoms with E-state index in [4.69, 9.17) is 21.4 Å². The number of ether oxygens (including phenoxy) is 1. The molecule has 2 N–H and O–H groups in total. The summed E-state index contributed by atoms with van der Waals surface area (Å²) in [4.78, 5) is 27.5. The third-order valence-corrected chi connectivity index (χ3v) is 4.12. The Labute approximate surface area is 166 Å². The summed E-state index contributed by atoms with van der Waals surface area (Å²) in [6.45, 7) is -0.102. The van der Waals surface area contributed by atoms with Gasteiger partial charge >= 0.3 is 12.1 Å². The normalized spacial score (nSPS) is 10.5. The molecule has 0 spiro atoms. The van der Waals surface area contributed by atoms with E-state index >= 15 is 0 Å². The van der Waals surface area contributed by atoms with Gasteiger partial charge in [-0.3, -0.25) is 4.79 Å². The molecular weight excluding hydrogens is 382 g/mol. The number of alkyl carbamates (subject to hydrolysis) is 1. The Bertz CT molecular complexity index is 973. The van der Waals surface area contributed by atoms with Crippen LogP contribution in [-0.4, -0.2) is 26.7 Å². The molecule has 0 aliphatic rings. The van der Waals surface area contributed by atoms with Gasteiger partial charge in [0.1, 0.15) is 19.0 Å². The number of nitrogens with one attached hydrogen (secondary N) is 1. The van der Waals surface area contributed by atoms with Crippen LogP contribution < -0.4 is 5.32 Å². The highest BCUT2D eigenvalue weighted by molar-refractivity contribution is 6.30. The lowest BCUT2D eigenvalue weighted by molar-refractivity contribution is -0.137. The van der Waals surface area contributed by atoms with Crippen LogP contribution >= 0.6 is 11.6 Å². The van der Waals surface area contributed by atoms with E-state index in [9.17, 15) is 9.59 Å². The first-order chi connectivity index (χ1) is 13.5. The number of rotatable bonds is 7. The number of amides is 1. The fourth-order valence-electron chi connectivity index (χ4n) is 2.59. The minimum absolute atomic E-state index is 0.0292. The predicted molar refractivity (Wildman–Crippen MR) is 104 cm³/mol. The van der Waals surface area contributed by atoms with E-state index in [1.807, 2.05) is 36.4 Å². The molecule has 0 saturated carbocycles. The molecule has 3 rings (SSSR count). The Morgan fingerprint density at radius 3 is 2.64 bits per heavy atom. The highest BCUT2D eigenvalue weighted by Gasteiger charge is 2.14. The fourth-order valence-corrected chi connectivity index (χ4v) is 2.78. The Morgan fingerprint density at radius 1 is 1.14 bits per heavy atom. The SMILES string of the molecule is O=C(O)Cn1cc(-c2cccc(Cl)c2)nc1CNC(=O)OCc1ccccc1. The zero-order valence-corrected chi connectivity index (χ0v) is 15.6. The number of benzene rings is 2. The maximum atomic E-state index is 11.9. The predicted octanol–water partition coefficient (Wildman–Crippen LogP) is 3.71. The summed E-state index contributed by atoms with van der Waals surface area (Å²) >= 11 is 6.01. The minimum atomic E-state index is -1.01. The molecular formula is C20H18ClN3O4. The van der Waals surface area contributed by atoms with Crippen LogP contribution in [-0.2, 0) is 29.2 Å². The van der Waals surface area contributed by atoms with E-state index in [2.05, 4.69) is 10.3 Å². The number of carboxylic acid groups (broad SMARTS) is 1. The van der Waals surface area contributed by atoms with Gasteiger partial charge in [0, 0.05) is 16.8 Å². The molecule has 1 heterocycles. The van der Waals surface area contributed by atoms with E-state index in [0.717, 1.165) is 11.1 Å². The lowest BCUT2D eigenvalue weighted by Crippen LogP contribution is -2.26. The van der Waals surface area contributed by atoms with Gasteiger partial charge in [0.25, 0.3) is 0 Å². The van der Waals surface area contributed by atoms with Gasteiger partial charge in [-0.25, -0.2) is 9.78 Å². The van der Waals surface area contributed by atoms with Crippen LogP contribution in [0.1, 0.15) is 11.4 Å². The first-order valence-electron chi connectivity index (χ1n) is 8.49. The third-order valence-electron chi connectivity index (χ3n) is 3.89. The minimum Gasteiger partial charge on any atom is -0.480 e. The van der Waals surface area contributed by atoms with Crippen molar-refractivity contribution in [3.8, 4) is 11.3 Å². The number of carbonyl (C=O) groups is 2. The lowest BCUT2D eigenvalue weighted by Gasteiger charge is -2.08.